The number of nitrogens with two attached hydrogens (primary N) is 1. The van der Waals surface area contributed by atoms with Crippen molar-refractivity contribution in [2.24, 2.45) is 5.73 Å². The van der Waals surface area contributed by atoms with Gasteiger partial charge in [-0.1, -0.05) is 19.1 Å². The summed E-state index contributed by atoms with van der Waals surface area (Å²) < 4.78 is 5.75. The number of ether oxygens (including phenoxy) is 1. The van der Waals surface area contributed by atoms with Crippen molar-refractivity contribution in [3.05, 3.63) is 29.8 Å². The molecule has 0 radical (unpaired) electrons. The van der Waals surface area contributed by atoms with E-state index in [2.05, 4.69) is 26.0 Å². The van der Waals surface area contributed by atoms with E-state index in [1.165, 1.54) is 5.56 Å². The lowest BCUT2D eigenvalue weighted by molar-refractivity contribution is 0.217. The van der Waals surface area contributed by atoms with E-state index in [0.717, 1.165) is 31.6 Å². The Bertz CT molecular complexity index is 286. The van der Waals surface area contributed by atoms with E-state index in [-0.39, 0.29) is 6.10 Å². The number of hydrogen-bond acceptors (Lipinski definition) is 2. The lowest BCUT2D eigenvalue weighted by atomic mass is 10.1. The van der Waals surface area contributed by atoms with Crippen molar-refractivity contribution in [3.63, 3.8) is 0 Å². The maximum absolute atomic E-state index is 5.75. The quantitative estimate of drug-likeness (QED) is 0.778. The molecule has 0 aliphatic heterocycles. The summed E-state index contributed by atoms with van der Waals surface area (Å²) >= 11 is 0. The van der Waals surface area contributed by atoms with Crippen molar-refractivity contribution in [1.29, 1.82) is 0 Å². The molecule has 2 nitrogen and oxygen atoms in total. The van der Waals surface area contributed by atoms with Crippen LogP contribution in [0.4, 0.5) is 0 Å². The minimum absolute atomic E-state index is 0.287. The van der Waals surface area contributed by atoms with Crippen molar-refractivity contribution < 1.29 is 4.74 Å². The maximum atomic E-state index is 5.75. The summed E-state index contributed by atoms with van der Waals surface area (Å²) in [5, 5.41) is 0. The second kappa shape index (κ2) is 6.46. The summed E-state index contributed by atoms with van der Waals surface area (Å²) in [6.07, 6.45) is 3.39. The van der Waals surface area contributed by atoms with Gasteiger partial charge in [-0.3, -0.25) is 0 Å². The summed E-state index contributed by atoms with van der Waals surface area (Å²) in [4.78, 5) is 0. The highest BCUT2D eigenvalue weighted by Crippen LogP contribution is 2.16. The SMILES string of the molecule is CC[C@H](C)Oc1cccc(CCCN)c1. The third kappa shape index (κ3) is 4.34. The molecule has 0 aliphatic carbocycles. The average Bonchev–Trinajstić information content (AvgIpc) is 2.26. The molecule has 1 rings (SSSR count). The third-order valence-electron chi connectivity index (χ3n) is 2.48. The van der Waals surface area contributed by atoms with Crippen molar-refractivity contribution in [2.45, 2.75) is 39.2 Å². The Morgan fingerprint density at radius 3 is 2.87 bits per heavy atom. The Kier molecular flexibility index (Phi) is 5.19. The van der Waals surface area contributed by atoms with Gasteiger partial charge in [0.1, 0.15) is 5.75 Å². The molecule has 84 valence electrons. The second-order valence-corrected chi connectivity index (χ2v) is 3.88. The maximum Gasteiger partial charge on any atom is 0.119 e. The molecule has 0 spiro atoms. The molecule has 0 saturated carbocycles. The Labute approximate surface area is 92.4 Å². The summed E-state index contributed by atoms with van der Waals surface area (Å²) in [7, 11) is 0. The summed E-state index contributed by atoms with van der Waals surface area (Å²) in [5.74, 6) is 0.971. The first-order valence-corrected chi connectivity index (χ1v) is 5.72. The van der Waals surface area contributed by atoms with Crippen LogP contribution in [0.1, 0.15) is 32.3 Å². The van der Waals surface area contributed by atoms with Gasteiger partial charge in [-0.15, -0.1) is 0 Å². The van der Waals surface area contributed by atoms with Crippen LogP contribution in [0.15, 0.2) is 24.3 Å². The molecular formula is C13H21NO. The van der Waals surface area contributed by atoms with Crippen LogP contribution in [0.3, 0.4) is 0 Å². The standard InChI is InChI=1S/C13H21NO/c1-3-11(2)15-13-8-4-6-12(10-13)7-5-9-14/h4,6,8,10-11H,3,5,7,9,14H2,1-2H3/t11-/m0/s1. The van der Waals surface area contributed by atoms with Crippen molar-refractivity contribution in [3.8, 4) is 5.75 Å². The van der Waals surface area contributed by atoms with Gasteiger partial charge in [-0.05, 0) is 50.4 Å². The van der Waals surface area contributed by atoms with E-state index in [1.807, 2.05) is 12.1 Å². The van der Waals surface area contributed by atoms with Gasteiger partial charge in [0, 0.05) is 0 Å². The molecule has 0 saturated heterocycles. The Morgan fingerprint density at radius 1 is 1.40 bits per heavy atom. The summed E-state index contributed by atoms with van der Waals surface area (Å²) in [6.45, 7) is 4.96. The Balaban J connectivity index is 2.57. The van der Waals surface area contributed by atoms with Crippen LogP contribution in [0, 0.1) is 0 Å². The molecule has 0 bridgehead atoms. The van der Waals surface area contributed by atoms with E-state index in [0.29, 0.717) is 0 Å². The first-order chi connectivity index (χ1) is 7.26. The highest BCUT2D eigenvalue weighted by atomic mass is 16.5. The lowest BCUT2D eigenvalue weighted by Gasteiger charge is -2.13. The van der Waals surface area contributed by atoms with Gasteiger partial charge in [0.2, 0.25) is 0 Å². The molecule has 0 aliphatic rings. The number of benzene rings is 1. The number of rotatable bonds is 6. The minimum Gasteiger partial charge on any atom is -0.491 e. The molecule has 2 N–H and O–H groups in total. The normalized spacial score (nSPS) is 12.5. The zero-order chi connectivity index (χ0) is 11.1. The van der Waals surface area contributed by atoms with Gasteiger partial charge in [-0.25, -0.2) is 0 Å². The smallest absolute Gasteiger partial charge is 0.119 e. The zero-order valence-corrected chi connectivity index (χ0v) is 9.70. The average molecular weight is 207 g/mol. The van der Waals surface area contributed by atoms with Gasteiger partial charge in [0.05, 0.1) is 6.10 Å². The fraction of sp³-hybridized carbons (Fsp3) is 0.538. The molecule has 0 heterocycles. The molecule has 0 fully saturated rings. The fourth-order valence-corrected chi connectivity index (χ4v) is 1.40. The van der Waals surface area contributed by atoms with E-state index in [9.17, 15) is 0 Å². The zero-order valence-electron chi connectivity index (χ0n) is 9.70. The van der Waals surface area contributed by atoms with Crippen LogP contribution in [0.25, 0.3) is 0 Å². The largest absolute Gasteiger partial charge is 0.491 e. The Hall–Kier alpha value is -1.02. The first-order valence-electron chi connectivity index (χ1n) is 5.72. The highest BCUT2D eigenvalue weighted by molar-refractivity contribution is 5.28. The van der Waals surface area contributed by atoms with E-state index < -0.39 is 0 Å². The van der Waals surface area contributed by atoms with E-state index >= 15 is 0 Å². The number of aryl methyl sites for hydroxylation is 1. The summed E-state index contributed by atoms with van der Waals surface area (Å²) in [6, 6.07) is 8.29. The van der Waals surface area contributed by atoms with Gasteiger partial charge in [-0.2, -0.15) is 0 Å². The van der Waals surface area contributed by atoms with Crippen molar-refractivity contribution in [2.75, 3.05) is 6.54 Å². The van der Waals surface area contributed by atoms with Gasteiger partial charge < -0.3 is 10.5 Å². The van der Waals surface area contributed by atoms with Crippen LogP contribution in [-0.2, 0) is 6.42 Å². The molecule has 1 aromatic carbocycles. The van der Waals surface area contributed by atoms with Crippen molar-refractivity contribution >= 4 is 0 Å². The molecule has 0 aromatic heterocycles. The molecular weight excluding hydrogens is 186 g/mol. The predicted molar refractivity (Wildman–Crippen MR) is 64.2 cm³/mol. The highest BCUT2D eigenvalue weighted by Gasteiger charge is 2.01. The Morgan fingerprint density at radius 2 is 2.20 bits per heavy atom. The van der Waals surface area contributed by atoms with Gasteiger partial charge >= 0.3 is 0 Å². The molecule has 0 amide bonds. The monoisotopic (exact) mass is 207 g/mol. The van der Waals surface area contributed by atoms with Gasteiger partial charge in [0.15, 0.2) is 0 Å². The van der Waals surface area contributed by atoms with Crippen LogP contribution >= 0.6 is 0 Å². The molecule has 15 heavy (non-hydrogen) atoms. The predicted octanol–water partition coefficient (Wildman–Crippen LogP) is 2.76. The molecule has 1 aromatic rings. The van der Waals surface area contributed by atoms with Gasteiger partial charge in [0.25, 0.3) is 0 Å². The second-order valence-electron chi connectivity index (χ2n) is 3.88. The molecule has 1 atom stereocenters. The molecule has 2 heteroatoms. The van der Waals surface area contributed by atoms with Crippen LogP contribution in [0.2, 0.25) is 0 Å². The fourth-order valence-electron chi connectivity index (χ4n) is 1.40. The van der Waals surface area contributed by atoms with Crippen LogP contribution in [-0.4, -0.2) is 12.6 Å². The minimum atomic E-state index is 0.287. The van der Waals surface area contributed by atoms with Crippen LogP contribution < -0.4 is 10.5 Å². The van der Waals surface area contributed by atoms with E-state index in [1.54, 1.807) is 0 Å². The summed E-state index contributed by atoms with van der Waals surface area (Å²) in [5.41, 5.74) is 6.79. The lowest BCUT2D eigenvalue weighted by Crippen LogP contribution is -2.09. The van der Waals surface area contributed by atoms with E-state index in [4.69, 9.17) is 10.5 Å². The third-order valence-corrected chi connectivity index (χ3v) is 2.48. The number of hydrogen-bond donors (Lipinski definition) is 1. The topological polar surface area (TPSA) is 35.2 Å². The van der Waals surface area contributed by atoms with Crippen LogP contribution in [0.5, 0.6) is 5.75 Å². The van der Waals surface area contributed by atoms with Crippen molar-refractivity contribution in [1.82, 2.24) is 0 Å². The first kappa shape index (κ1) is 12.1. The molecule has 0 unspecified atom stereocenters.